The second-order valence-corrected chi connectivity index (χ2v) is 9.34. The van der Waals surface area contributed by atoms with Gasteiger partial charge in [0.1, 0.15) is 5.75 Å². The maximum atomic E-state index is 10.4. The molecular formula is C32H30O4. The first kappa shape index (κ1) is 24.0. The highest BCUT2D eigenvalue weighted by atomic mass is 16.5. The summed E-state index contributed by atoms with van der Waals surface area (Å²) < 4.78 is 5.39. The Morgan fingerprint density at radius 1 is 0.694 bits per heavy atom. The highest BCUT2D eigenvalue weighted by Crippen LogP contribution is 2.42. The van der Waals surface area contributed by atoms with Gasteiger partial charge in [0, 0.05) is 18.2 Å². The summed E-state index contributed by atoms with van der Waals surface area (Å²) in [6.45, 7) is 2.08. The van der Waals surface area contributed by atoms with Gasteiger partial charge in [-0.2, -0.15) is 0 Å². The van der Waals surface area contributed by atoms with E-state index in [0.29, 0.717) is 17.7 Å². The smallest absolute Gasteiger partial charge is 0.126 e. The third kappa shape index (κ3) is 4.35. The van der Waals surface area contributed by atoms with E-state index >= 15 is 0 Å². The third-order valence-corrected chi connectivity index (χ3v) is 6.83. The molecule has 5 aromatic carbocycles. The van der Waals surface area contributed by atoms with Gasteiger partial charge in [-0.3, -0.25) is 0 Å². The molecule has 0 amide bonds. The number of methoxy groups -OCH3 is 1. The first-order chi connectivity index (χ1) is 17.5. The van der Waals surface area contributed by atoms with Crippen molar-refractivity contribution in [2.75, 3.05) is 7.11 Å². The average molecular weight is 479 g/mol. The van der Waals surface area contributed by atoms with Crippen molar-refractivity contribution in [2.45, 2.75) is 33.2 Å². The molecule has 0 fully saturated rings. The topological polar surface area (TPSA) is 69.9 Å². The third-order valence-electron chi connectivity index (χ3n) is 6.83. The van der Waals surface area contributed by atoms with Gasteiger partial charge in [0.05, 0.1) is 19.8 Å². The lowest BCUT2D eigenvalue weighted by atomic mass is 9.85. The average Bonchev–Trinajstić information content (AvgIpc) is 2.89. The van der Waals surface area contributed by atoms with Gasteiger partial charge >= 0.3 is 0 Å². The highest BCUT2D eigenvalue weighted by Gasteiger charge is 2.18. The number of fused-ring (bicyclic) bond motifs is 2. The predicted molar refractivity (Wildman–Crippen MR) is 145 cm³/mol. The summed E-state index contributed by atoms with van der Waals surface area (Å²) in [7, 11) is 1.72. The molecule has 0 saturated carbocycles. The quantitative estimate of drug-likeness (QED) is 0.237. The van der Waals surface area contributed by atoms with Crippen molar-refractivity contribution in [2.24, 2.45) is 0 Å². The number of hydrogen-bond donors (Lipinski definition) is 3. The van der Waals surface area contributed by atoms with E-state index in [2.05, 4.69) is 61.5 Å². The first-order valence-electron chi connectivity index (χ1n) is 12.1. The lowest BCUT2D eigenvalue weighted by molar-refractivity contribution is 0.185. The van der Waals surface area contributed by atoms with Crippen molar-refractivity contribution in [1.82, 2.24) is 0 Å². The molecule has 5 aromatic rings. The standard InChI is InChI=1S/C32H30O4/c1-20-11-21(13-22(12-20)19-36-2)14-30-26-7-3-5-9-28(26)31(29-10-6-4-8-27(29)30)23-15-24(17-33)32(35)25(16-23)18-34/h3-13,15-16,33-35H,14,17-19H2,1-2H3. The van der Waals surface area contributed by atoms with Crippen LogP contribution in [0, 0.1) is 6.92 Å². The Balaban J connectivity index is 1.80. The van der Waals surface area contributed by atoms with Crippen LogP contribution in [0.25, 0.3) is 32.7 Å². The Morgan fingerprint density at radius 2 is 1.22 bits per heavy atom. The van der Waals surface area contributed by atoms with Crippen molar-refractivity contribution in [3.05, 3.63) is 112 Å². The summed E-state index contributed by atoms with van der Waals surface area (Å²) in [5.74, 6) is -0.0553. The van der Waals surface area contributed by atoms with Gasteiger partial charge < -0.3 is 20.1 Å². The van der Waals surface area contributed by atoms with Crippen molar-refractivity contribution in [1.29, 1.82) is 0 Å². The van der Waals surface area contributed by atoms with E-state index in [4.69, 9.17) is 4.74 Å². The normalized spacial score (nSPS) is 11.4. The van der Waals surface area contributed by atoms with Crippen molar-refractivity contribution >= 4 is 21.5 Å². The van der Waals surface area contributed by atoms with E-state index in [1.165, 1.54) is 16.7 Å². The summed E-state index contributed by atoms with van der Waals surface area (Å²) in [6, 6.07) is 27.0. The fourth-order valence-corrected chi connectivity index (χ4v) is 5.37. The fraction of sp³-hybridized carbons (Fsp3) is 0.188. The van der Waals surface area contributed by atoms with E-state index in [1.807, 2.05) is 24.3 Å². The molecule has 0 radical (unpaired) electrons. The van der Waals surface area contributed by atoms with E-state index in [0.717, 1.165) is 44.7 Å². The zero-order chi connectivity index (χ0) is 25.2. The lowest BCUT2D eigenvalue weighted by Gasteiger charge is -2.19. The Morgan fingerprint density at radius 3 is 1.75 bits per heavy atom. The number of aliphatic hydroxyl groups excluding tert-OH is 2. The second-order valence-electron chi connectivity index (χ2n) is 9.34. The van der Waals surface area contributed by atoms with Crippen LogP contribution in [0.3, 0.4) is 0 Å². The minimum absolute atomic E-state index is 0.0553. The van der Waals surface area contributed by atoms with Gasteiger partial charge in [0.2, 0.25) is 0 Å². The zero-order valence-corrected chi connectivity index (χ0v) is 20.6. The zero-order valence-electron chi connectivity index (χ0n) is 20.6. The Labute approximate surface area is 211 Å². The number of ether oxygens (including phenoxy) is 1. The van der Waals surface area contributed by atoms with Gasteiger partial charge in [0.25, 0.3) is 0 Å². The molecule has 0 aliphatic carbocycles. The molecule has 0 heterocycles. The van der Waals surface area contributed by atoms with Gasteiger partial charge in [0.15, 0.2) is 0 Å². The van der Waals surface area contributed by atoms with Crippen LogP contribution in [-0.2, 0) is 31.0 Å². The SMILES string of the molecule is COCc1cc(C)cc(Cc2c3ccccc3c(-c3cc(CO)c(O)c(CO)c3)c3ccccc23)c1. The van der Waals surface area contributed by atoms with E-state index in [1.54, 1.807) is 7.11 Å². The van der Waals surface area contributed by atoms with Crippen LogP contribution in [0.2, 0.25) is 0 Å². The van der Waals surface area contributed by atoms with Crippen LogP contribution in [0.1, 0.15) is 33.4 Å². The minimum atomic E-state index is -0.308. The molecular weight excluding hydrogens is 448 g/mol. The number of benzene rings is 5. The van der Waals surface area contributed by atoms with Crippen LogP contribution in [0.5, 0.6) is 5.75 Å². The lowest BCUT2D eigenvalue weighted by Crippen LogP contribution is -1.99. The van der Waals surface area contributed by atoms with Gasteiger partial charge in [-0.25, -0.2) is 0 Å². The van der Waals surface area contributed by atoms with Gasteiger partial charge in [-0.05, 0) is 74.8 Å². The second kappa shape index (κ2) is 10.1. The highest BCUT2D eigenvalue weighted by molar-refractivity contribution is 6.15. The van der Waals surface area contributed by atoms with Crippen LogP contribution < -0.4 is 0 Å². The molecule has 0 aliphatic heterocycles. The summed E-state index contributed by atoms with van der Waals surface area (Å²) in [5, 5.41) is 34.7. The molecule has 182 valence electrons. The molecule has 0 bridgehead atoms. The van der Waals surface area contributed by atoms with Gasteiger partial charge in [-0.15, -0.1) is 0 Å². The molecule has 4 nitrogen and oxygen atoms in total. The maximum Gasteiger partial charge on any atom is 0.126 e. The Bertz CT molecular complexity index is 1490. The summed E-state index contributed by atoms with van der Waals surface area (Å²) in [6.07, 6.45) is 0.777. The number of aliphatic hydroxyl groups is 2. The summed E-state index contributed by atoms with van der Waals surface area (Å²) >= 11 is 0. The molecule has 0 spiro atoms. The first-order valence-corrected chi connectivity index (χ1v) is 12.1. The molecule has 4 heteroatoms. The molecule has 0 aromatic heterocycles. The largest absolute Gasteiger partial charge is 0.507 e. The Hall–Kier alpha value is -3.70. The molecule has 0 aliphatic rings. The minimum Gasteiger partial charge on any atom is -0.507 e. The van der Waals surface area contributed by atoms with E-state index < -0.39 is 0 Å². The molecule has 0 unspecified atom stereocenters. The van der Waals surface area contributed by atoms with Crippen LogP contribution in [0.15, 0.2) is 78.9 Å². The van der Waals surface area contributed by atoms with Crippen LogP contribution >= 0.6 is 0 Å². The van der Waals surface area contributed by atoms with E-state index in [-0.39, 0.29) is 19.0 Å². The van der Waals surface area contributed by atoms with Crippen molar-refractivity contribution in [3.8, 4) is 16.9 Å². The molecule has 3 N–H and O–H groups in total. The Kier molecular flexibility index (Phi) is 6.75. The summed E-state index contributed by atoms with van der Waals surface area (Å²) in [5.41, 5.74) is 7.55. The molecule has 5 rings (SSSR count). The summed E-state index contributed by atoms with van der Waals surface area (Å²) in [4.78, 5) is 0. The van der Waals surface area contributed by atoms with Gasteiger partial charge in [-0.1, -0.05) is 72.3 Å². The van der Waals surface area contributed by atoms with Crippen LogP contribution in [-0.4, -0.2) is 22.4 Å². The van der Waals surface area contributed by atoms with E-state index in [9.17, 15) is 15.3 Å². The maximum absolute atomic E-state index is 10.4. The van der Waals surface area contributed by atoms with Crippen LogP contribution in [0.4, 0.5) is 0 Å². The predicted octanol–water partition coefficient (Wildman–Crippen LogP) is 6.40. The molecule has 36 heavy (non-hydrogen) atoms. The van der Waals surface area contributed by atoms with Crippen molar-refractivity contribution < 1.29 is 20.1 Å². The number of hydrogen-bond acceptors (Lipinski definition) is 4. The van der Waals surface area contributed by atoms with Crippen molar-refractivity contribution in [3.63, 3.8) is 0 Å². The number of rotatable bonds is 7. The number of aryl methyl sites for hydroxylation is 1. The number of phenols is 1. The molecule has 0 atom stereocenters. The monoisotopic (exact) mass is 478 g/mol. The fourth-order valence-electron chi connectivity index (χ4n) is 5.37. The number of aromatic hydroxyl groups is 1. The molecule has 0 saturated heterocycles.